The van der Waals surface area contributed by atoms with Crippen LogP contribution in [0.15, 0.2) is 0 Å². The van der Waals surface area contributed by atoms with E-state index >= 15 is 0 Å². The maximum Gasteiger partial charge on any atom is 0.223 e. The molecule has 0 radical (unpaired) electrons. The Hall–Kier alpha value is -0.220. The highest BCUT2D eigenvalue weighted by Crippen LogP contribution is 2.41. The molecule has 2 bridgehead atoms. The van der Waals surface area contributed by atoms with Crippen LogP contribution in [0.1, 0.15) is 44.9 Å². The van der Waals surface area contributed by atoms with Gasteiger partial charge in [0.05, 0.1) is 0 Å². The third-order valence-corrected chi connectivity index (χ3v) is 6.71. The lowest BCUT2D eigenvalue weighted by molar-refractivity contribution is -0.127. The zero-order valence-electron chi connectivity index (χ0n) is 11.6. The van der Waals surface area contributed by atoms with E-state index in [1.165, 1.54) is 37.9 Å². The Morgan fingerprint density at radius 3 is 2.53 bits per heavy atom. The molecule has 3 atom stereocenters. The van der Waals surface area contributed by atoms with Crippen molar-refractivity contribution in [3.63, 3.8) is 0 Å². The largest absolute Gasteiger partial charge is 0.355 e. The molecule has 19 heavy (non-hydrogen) atoms. The summed E-state index contributed by atoms with van der Waals surface area (Å²) in [4.78, 5) is 12.3. The van der Waals surface area contributed by atoms with Crippen LogP contribution in [-0.2, 0) is 4.79 Å². The van der Waals surface area contributed by atoms with Gasteiger partial charge in [0.15, 0.2) is 0 Å². The Morgan fingerprint density at radius 2 is 1.89 bits per heavy atom. The molecule has 3 nitrogen and oxygen atoms in total. The van der Waals surface area contributed by atoms with Crippen LogP contribution in [0.25, 0.3) is 0 Å². The zero-order valence-corrected chi connectivity index (χ0v) is 12.5. The van der Waals surface area contributed by atoms with Gasteiger partial charge in [-0.1, -0.05) is 6.42 Å². The molecule has 0 aromatic carbocycles. The fourth-order valence-electron chi connectivity index (χ4n) is 4.17. The quantitative estimate of drug-likeness (QED) is 0.834. The van der Waals surface area contributed by atoms with Crippen molar-refractivity contribution in [1.29, 1.82) is 0 Å². The summed E-state index contributed by atoms with van der Waals surface area (Å²) < 4.78 is 0. The van der Waals surface area contributed by atoms with E-state index in [-0.39, 0.29) is 5.92 Å². The number of carbonyl (C=O) groups is 1. The van der Waals surface area contributed by atoms with Crippen molar-refractivity contribution in [2.24, 2.45) is 23.5 Å². The molecule has 3 rings (SSSR count). The number of hydrogen-bond acceptors (Lipinski definition) is 3. The van der Waals surface area contributed by atoms with Gasteiger partial charge in [0.2, 0.25) is 5.91 Å². The van der Waals surface area contributed by atoms with Gasteiger partial charge in [-0.15, -0.1) is 0 Å². The summed E-state index contributed by atoms with van der Waals surface area (Å²) in [6.07, 6.45) is 8.43. The second-order valence-electron chi connectivity index (χ2n) is 6.58. The molecule has 0 spiro atoms. The Kier molecular flexibility index (Phi) is 4.37. The molecule has 108 valence electrons. The molecule has 4 heteroatoms. The molecule has 3 fully saturated rings. The van der Waals surface area contributed by atoms with Crippen molar-refractivity contribution in [2.75, 3.05) is 12.3 Å². The van der Waals surface area contributed by atoms with E-state index in [1.807, 2.05) is 11.8 Å². The van der Waals surface area contributed by atoms with E-state index in [0.29, 0.717) is 29.0 Å². The second kappa shape index (κ2) is 6.04. The molecule has 1 amide bonds. The highest BCUT2D eigenvalue weighted by molar-refractivity contribution is 8.00. The maximum absolute atomic E-state index is 12.3. The summed E-state index contributed by atoms with van der Waals surface area (Å²) in [5.74, 6) is 3.01. The SMILES string of the molecule is NC1C2CCCC1CC(C(=O)NCC1CCCS1)C2. The lowest BCUT2D eigenvalue weighted by atomic mass is 9.65. The van der Waals surface area contributed by atoms with Gasteiger partial charge in [-0.05, 0) is 56.1 Å². The van der Waals surface area contributed by atoms with Crippen molar-refractivity contribution in [3.05, 3.63) is 0 Å². The molecule has 0 aromatic heterocycles. The Labute approximate surface area is 120 Å². The number of carbonyl (C=O) groups excluding carboxylic acids is 1. The molecular formula is C15H26N2OS. The lowest BCUT2D eigenvalue weighted by Crippen LogP contribution is -2.49. The number of rotatable bonds is 3. The summed E-state index contributed by atoms with van der Waals surface area (Å²) in [5.41, 5.74) is 6.29. The topological polar surface area (TPSA) is 55.1 Å². The molecular weight excluding hydrogens is 256 g/mol. The van der Waals surface area contributed by atoms with Crippen molar-refractivity contribution in [3.8, 4) is 0 Å². The molecule has 2 aliphatic carbocycles. The Bertz CT molecular complexity index is 316. The number of nitrogens with one attached hydrogen (secondary N) is 1. The van der Waals surface area contributed by atoms with Gasteiger partial charge in [-0.3, -0.25) is 4.79 Å². The monoisotopic (exact) mass is 282 g/mol. The third-order valence-electron chi connectivity index (χ3n) is 5.31. The highest BCUT2D eigenvalue weighted by atomic mass is 32.2. The van der Waals surface area contributed by atoms with Crippen molar-refractivity contribution >= 4 is 17.7 Å². The Morgan fingerprint density at radius 1 is 1.16 bits per heavy atom. The van der Waals surface area contributed by atoms with Crippen LogP contribution in [-0.4, -0.2) is 29.5 Å². The third kappa shape index (κ3) is 3.10. The average Bonchev–Trinajstić information content (AvgIpc) is 2.88. The van der Waals surface area contributed by atoms with Crippen LogP contribution in [0.3, 0.4) is 0 Å². The first kappa shape index (κ1) is 13.7. The van der Waals surface area contributed by atoms with Gasteiger partial charge in [-0.25, -0.2) is 0 Å². The summed E-state index contributed by atoms with van der Waals surface area (Å²) >= 11 is 2.01. The van der Waals surface area contributed by atoms with Gasteiger partial charge in [0, 0.05) is 23.8 Å². The summed E-state index contributed by atoms with van der Waals surface area (Å²) in [7, 11) is 0. The first-order chi connectivity index (χ1) is 9.24. The van der Waals surface area contributed by atoms with Gasteiger partial charge >= 0.3 is 0 Å². The van der Waals surface area contributed by atoms with E-state index in [4.69, 9.17) is 5.73 Å². The van der Waals surface area contributed by atoms with E-state index in [1.54, 1.807) is 0 Å². The number of fused-ring (bicyclic) bond motifs is 2. The number of amides is 1. The fourth-order valence-corrected chi connectivity index (χ4v) is 5.37. The first-order valence-electron chi connectivity index (χ1n) is 7.89. The van der Waals surface area contributed by atoms with Crippen molar-refractivity contribution in [2.45, 2.75) is 56.2 Å². The van der Waals surface area contributed by atoms with Crippen molar-refractivity contribution in [1.82, 2.24) is 5.32 Å². The summed E-state index contributed by atoms with van der Waals surface area (Å²) in [5, 5.41) is 3.86. The molecule has 3 aliphatic rings. The Balaban J connectivity index is 1.50. The molecule has 3 N–H and O–H groups in total. The van der Waals surface area contributed by atoms with Gasteiger partial charge in [0.1, 0.15) is 0 Å². The predicted molar refractivity (Wildman–Crippen MR) is 80.0 cm³/mol. The first-order valence-corrected chi connectivity index (χ1v) is 8.94. The minimum absolute atomic E-state index is 0.238. The van der Waals surface area contributed by atoms with Crippen LogP contribution in [0.4, 0.5) is 0 Å². The number of thioether (sulfide) groups is 1. The van der Waals surface area contributed by atoms with Gasteiger partial charge < -0.3 is 11.1 Å². The predicted octanol–water partition coefficient (Wildman–Crippen LogP) is 2.15. The minimum atomic E-state index is 0.238. The zero-order chi connectivity index (χ0) is 13.2. The number of hydrogen-bond donors (Lipinski definition) is 2. The van der Waals surface area contributed by atoms with Crippen LogP contribution in [0.2, 0.25) is 0 Å². The maximum atomic E-state index is 12.3. The molecule has 0 aromatic rings. The second-order valence-corrected chi connectivity index (χ2v) is 7.99. The molecule has 1 aliphatic heterocycles. The fraction of sp³-hybridized carbons (Fsp3) is 0.933. The number of nitrogens with two attached hydrogens (primary N) is 1. The van der Waals surface area contributed by atoms with E-state index in [2.05, 4.69) is 5.32 Å². The molecule has 3 unspecified atom stereocenters. The van der Waals surface area contributed by atoms with Crippen LogP contribution in [0.5, 0.6) is 0 Å². The molecule has 1 saturated heterocycles. The van der Waals surface area contributed by atoms with Gasteiger partial charge in [-0.2, -0.15) is 11.8 Å². The molecule has 2 saturated carbocycles. The van der Waals surface area contributed by atoms with Crippen LogP contribution < -0.4 is 11.1 Å². The minimum Gasteiger partial charge on any atom is -0.355 e. The van der Waals surface area contributed by atoms with Gasteiger partial charge in [0.25, 0.3) is 0 Å². The standard InChI is InChI=1S/C15H26N2OS/c16-14-10-3-1-4-11(14)8-12(7-10)15(18)17-9-13-5-2-6-19-13/h10-14H,1-9,16H2,(H,17,18). The van der Waals surface area contributed by atoms with Crippen LogP contribution in [0, 0.1) is 17.8 Å². The normalized spacial score (nSPS) is 42.1. The summed E-state index contributed by atoms with van der Waals surface area (Å²) in [6.45, 7) is 0.876. The highest BCUT2D eigenvalue weighted by Gasteiger charge is 2.40. The van der Waals surface area contributed by atoms with E-state index in [9.17, 15) is 4.79 Å². The average molecular weight is 282 g/mol. The smallest absolute Gasteiger partial charge is 0.223 e. The molecule has 1 heterocycles. The van der Waals surface area contributed by atoms with E-state index < -0.39 is 0 Å². The lowest BCUT2D eigenvalue weighted by Gasteiger charge is -2.43. The van der Waals surface area contributed by atoms with E-state index in [0.717, 1.165) is 19.4 Å². The van der Waals surface area contributed by atoms with Crippen LogP contribution >= 0.6 is 11.8 Å². The summed E-state index contributed by atoms with van der Waals surface area (Å²) in [6, 6.07) is 0.364. The van der Waals surface area contributed by atoms with Crippen molar-refractivity contribution < 1.29 is 4.79 Å².